The Balaban J connectivity index is 1.75. The first-order valence-electron chi connectivity index (χ1n) is 5.48. The number of hydrogen-bond donors (Lipinski definition) is 1. The molecule has 0 spiro atoms. The van der Waals surface area contributed by atoms with Crippen LogP contribution >= 0.6 is 23.6 Å². The van der Waals surface area contributed by atoms with Gasteiger partial charge in [-0.3, -0.25) is 9.80 Å². The van der Waals surface area contributed by atoms with Crippen molar-refractivity contribution in [2.24, 2.45) is 5.73 Å². The Morgan fingerprint density at radius 3 is 2.56 bits per heavy atom. The highest BCUT2D eigenvalue weighted by atomic mass is 32.1. The summed E-state index contributed by atoms with van der Waals surface area (Å²) in [7, 11) is 0. The zero-order chi connectivity index (χ0) is 11.4. The van der Waals surface area contributed by atoms with E-state index in [9.17, 15) is 0 Å². The van der Waals surface area contributed by atoms with Gasteiger partial charge in [-0.05, 0) is 22.4 Å². The van der Waals surface area contributed by atoms with Gasteiger partial charge in [-0.2, -0.15) is 11.3 Å². The average Bonchev–Trinajstić information content (AvgIpc) is 2.73. The van der Waals surface area contributed by atoms with Gasteiger partial charge in [0.1, 0.15) is 0 Å². The summed E-state index contributed by atoms with van der Waals surface area (Å²) in [4.78, 5) is 5.41. The minimum atomic E-state index is 0.603. The van der Waals surface area contributed by atoms with E-state index >= 15 is 0 Å². The highest BCUT2D eigenvalue weighted by Gasteiger charge is 2.17. The molecule has 0 aliphatic carbocycles. The Bertz CT molecular complexity index is 329. The maximum Gasteiger partial charge on any atom is 0.0870 e. The van der Waals surface area contributed by atoms with E-state index in [0.717, 1.165) is 39.3 Å². The number of rotatable bonds is 4. The van der Waals surface area contributed by atoms with Crippen LogP contribution in [0, 0.1) is 0 Å². The molecule has 0 amide bonds. The molecule has 1 saturated heterocycles. The lowest BCUT2D eigenvalue weighted by Gasteiger charge is -2.34. The van der Waals surface area contributed by atoms with E-state index in [1.54, 1.807) is 11.3 Å². The number of nitrogens with zero attached hydrogens (tertiary/aromatic N) is 2. The molecule has 88 valence electrons. The third-order valence-corrected chi connectivity index (χ3v) is 3.69. The molecule has 1 aliphatic rings. The summed E-state index contributed by atoms with van der Waals surface area (Å²) >= 11 is 6.69. The summed E-state index contributed by atoms with van der Waals surface area (Å²) in [6, 6.07) is 2.20. The van der Waals surface area contributed by atoms with E-state index in [2.05, 4.69) is 26.6 Å². The molecule has 0 atom stereocenters. The lowest BCUT2D eigenvalue weighted by molar-refractivity contribution is 0.140. The van der Waals surface area contributed by atoms with Crippen LogP contribution in [-0.4, -0.2) is 47.5 Å². The van der Waals surface area contributed by atoms with Crippen molar-refractivity contribution in [2.45, 2.75) is 6.54 Å². The predicted molar refractivity (Wildman–Crippen MR) is 72.8 cm³/mol. The highest BCUT2D eigenvalue weighted by molar-refractivity contribution is 7.80. The average molecular weight is 255 g/mol. The van der Waals surface area contributed by atoms with E-state index in [-0.39, 0.29) is 0 Å². The fourth-order valence-electron chi connectivity index (χ4n) is 1.97. The van der Waals surface area contributed by atoms with Gasteiger partial charge in [0, 0.05) is 39.3 Å². The molecule has 1 fully saturated rings. The summed E-state index contributed by atoms with van der Waals surface area (Å²) in [5.41, 5.74) is 6.97. The van der Waals surface area contributed by atoms with Crippen LogP contribution in [0.1, 0.15) is 5.56 Å². The summed E-state index contributed by atoms with van der Waals surface area (Å²) in [5, 5.41) is 4.36. The third-order valence-electron chi connectivity index (χ3n) is 2.83. The minimum Gasteiger partial charge on any atom is -0.392 e. The lowest BCUT2D eigenvalue weighted by Crippen LogP contribution is -2.48. The fraction of sp³-hybridized carbons (Fsp3) is 0.545. The minimum absolute atomic E-state index is 0.603. The SMILES string of the molecule is NC(=S)CN1CCN(Cc2ccsc2)CC1. The van der Waals surface area contributed by atoms with Gasteiger partial charge in [-0.1, -0.05) is 12.2 Å². The standard InChI is InChI=1S/C11H17N3S2/c12-11(15)8-14-4-2-13(3-5-14)7-10-1-6-16-9-10/h1,6,9H,2-5,7-8H2,(H2,12,15). The Morgan fingerprint density at radius 2 is 2.00 bits per heavy atom. The fourth-order valence-corrected chi connectivity index (χ4v) is 2.81. The Labute approximate surface area is 106 Å². The largest absolute Gasteiger partial charge is 0.392 e. The molecule has 3 nitrogen and oxygen atoms in total. The van der Waals surface area contributed by atoms with Crippen LogP contribution in [0.3, 0.4) is 0 Å². The van der Waals surface area contributed by atoms with E-state index in [1.165, 1.54) is 5.56 Å². The maximum absolute atomic E-state index is 5.55. The predicted octanol–water partition coefficient (Wildman–Crippen LogP) is 1.15. The first kappa shape index (κ1) is 12.0. The Kier molecular flexibility index (Phi) is 4.29. The summed E-state index contributed by atoms with van der Waals surface area (Å²) < 4.78 is 0. The number of thiophene rings is 1. The van der Waals surface area contributed by atoms with Crippen LogP contribution in [0.15, 0.2) is 16.8 Å². The quantitative estimate of drug-likeness (QED) is 0.818. The van der Waals surface area contributed by atoms with Gasteiger partial charge in [-0.25, -0.2) is 0 Å². The molecule has 2 rings (SSSR count). The smallest absolute Gasteiger partial charge is 0.0870 e. The first-order valence-corrected chi connectivity index (χ1v) is 6.83. The molecule has 0 saturated carbocycles. The zero-order valence-electron chi connectivity index (χ0n) is 9.26. The van der Waals surface area contributed by atoms with Crippen molar-refractivity contribution in [1.82, 2.24) is 9.80 Å². The van der Waals surface area contributed by atoms with E-state index in [4.69, 9.17) is 18.0 Å². The molecule has 1 aromatic rings. The van der Waals surface area contributed by atoms with Gasteiger partial charge in [0.2, 0.25) is 0 Å². The Hall–Kier alpha value is -0.490. The first-order chi connectivity index (χ1) is 7.74. The van der Waals surface area contributed by atoms with Crippen LogP contribution in [0.25, 0.3) is 0 Å². The van der Waals surface area contributed by atoms with E-state index in [1.807, 2.05) is 0 Å². The maximum atomic E-state index is 5.55. The lowest BCUT2D eigenvalue weighted by atomic mass is 10.2. The van der Waals surface area contributed by atoms with Crippen LogP contribution < -0.4 is 5.73 Å². The van der Waals surface area contributed by atoms with Gasteiger partial charge >= 0.3 is 0 Å². The van der Waals surface area contributed by atoms with Crippen LogP contribution in [-0.2, 0) is 6.54 Å². The van der Waals surface area contributed by atoms with Gasteiger partial charge in [0.05, 0.1) is 4.99 Å². The molecule has 5 heteroatoms. The van der Waals surface area contributed by atoms with Crippen LogP contribution in [0.2, 0.25) is 0 Å². The van der Waals surface area contributed by atoms with Crippen molar-refractivity contribution in [3.05, 3.63) is 22.4 Å². The highest BCUT2D eigenvalue weighted by Crippen LogP contribution is 2.11. The van der Waals surface area contributed by atoms with Gasteiger partial charge in [0.25, 0.3) is 0 Å². The van der Waals surface area contributed by atoms with Crippen LogP contribution in [0.5, 0.6) is 0 Å². The molecule has 16 heavy (non-hydrogen) atoms. The van der Waals surface area contributed by atoms with Gasteiger partial charge < -0.3 is 5.73 Å². The second-order valence-corrected chi connectivity index (χ2v) is 5.45. The Morgan fingerprint density at radius 1 is 1.31 bits per heavy atom. The summed E-state index contributed by atoms with van der Waals surface area (Å²) in [6.07, 6.45) is 0. The van der Waals surface area contributed by atoms with Gasteiger partial charge in [-0.15, -0.1) is 0 Å². The second kappa shape index (κ2) is 5.72. The summed E-state index contributed by atoms with van der Waals surface area (Å²) in [6.45, 7) is 6.20. The third kappa shape index (κ3) is 3.52. The molecule has 0 unspecified atom stereocenters. The van der Waals surface area contributed by atoms with Crippen molar-refractivity contribution < 1.29 is 0 Å². The van der Waals surface area contributed by atoms with Crippen molar-refractivity contribution in [1.29, 1.82) is 0 Å². The molecule has 0 radical (unpaired) electrons. The monoisotopic (exact) mass is 255 g/mol. The van der Waals surface area contributed by atoms with Crippen molar-refractivity contribution in [2.75, 3.05) is 32.7 Å². The number of nitrogens with two attached hydrogens (primary N) is 1. The molecule has 1 aliphatic heterocycles. The topological polar surface area (TPSA) is 32.5 Å². The zero-order valence-corrected chi connectivity index (χ0v) is 10.9. The molecule has 0 bridgehead atoms. The number of thiocarbonyl (C=S) groups is 1. The molecule has 2 heterocycles. The van der Waals surface area contributed by atoms with E-state index < -0.39 is 0 Å². The van der Waals surface area contributed by atoms with Crippen molar-refractivity contribution in [3.63, 3.8) is 0 Å². The molecule has 2 N–H and O–H groups in total. The van der Waals surface area contributed by atoms with Gasteiger partial charge in [0.15, 0.2) is 0 Å². The molecule has 1 aromatic heterocycles. The van der Waals surface area contributed by atoms with E-state index in [0.29, 0.717) is 4.99 Å². The second-order valence-electron chi connectivity index (χ2n) is 4.15. The molecule has 0 aromatic carbocycles. The molecular weight excluding hydrogens is 238 g/mol. The molecular formula is C11H17N3S2. The summed E-state index contributed by atoms with van der Waals surface area (Å²) in [5.74, 6) is 0. The van der Waals surface area contributed by atoms with Crippen molar-refractivity contribution in [3.8, 4) is 0 Å². The van der Waals surface area contributed by atoms with Crippen LogP contribution in [0.4, 0.5) is 0 Å². The van der Waals surface area contributed by atoms with Crippen molar-refractivity contribution >= 4 is 28.5 Å². The number of hydrogen-bond acceptors (Lipinski definition) is 4. The number of piperazine rings is 1. The normalized spacial score (nSPS) is 18.8.